The highest BCUT2D eigenvalue weighted by atomic mass is 32.2. The third-order valence-electron chi connectivity index (χ3n) is 3.89. The van der Waals surface area contributed by atoms with Crippen molar-refractivity contribution in [3.8, 4) is 17.6 Å². The molecule has 3 aromatic rings. The number of Topliss-reactive ketones (excluding diaryl/α,β-unsaturated/α-hetero) is 1. The first-order chi connectivity index (χ1) is 14.5. The van der Waals surface area contributed by atoms with Gasteiger partial charge in [0.05, 0.1) is 12.0 Å². The lowest BCUT2D eigenvalue weighted by atomic mass is 10.1. The van der Waals surface area contributed by atoms with Crippen molar-refractivity contribution < 1.29 is 8.98 Å². The summed E-state index contributed by atoms with van der Waals surface area (Å²) in [6.45, 7) is 9.71. The molecule has 30 heavy (non-hydrogen) atoms. The molecule has 0 heterocycles. The van der Waals surface area contributed by atoms with E-state index < -0.39 is 0 Å². The van der Waals surface area contributed by atoms with Crippen LogP contribution in [0.5, 0.6) is 5.75 Å². The van der Waals surface area contributed by atoms with Gasteiger partial charge in [0.15, 0.2) is 5.78 Å². The Hall–Kier alpha value is -2.96. The minimum absolute atomic E-state index is 0.0747. The van der Waals surface area contributed by atoms with E-state index in [0.717, 1.165) is 16.9 Å². The van der Waals surface area contributed by atoms with E-state index in [4.69, 9.17) is 4.18 Å². The Bertz CT molecular complexity index is 895. The molecule has 0 aliphatic rings. The maximum absolute atomic E-state index is 10.9. The van der Waals surface area contributed by atoms with Crippen molar-refractivity contribution in [2.24, 2.45) is 0 Å². The van der Waals surface area contributed by atoms with Crippen molar-refractivity contribution in [3.63, 3.8) is 0 Å². The number of carbonyl (C=O) groups excluding carboxylic acids is 1. The minimum Gasteiger partial charge on any atom is -0.426 e. The first-order valence-corrected chi connectivity index (χ1v) is 11.1. The standard InChI is InChI=1S/C16H14.C9H10O2S.C2H6/c1-13-3-7-15(8-4-13)11-12-16-9-5-14(2)6-10-16;1-7(10)8-3-5-9(6-4-8)11-12-2;1-2/h3-10H,1-2H3;3-6H,1-2H3;1-2H3. The predicted molar refractivity (Wildman–Crippen MR) is 130 cm³/mol. The molecule has 3 rings (SSSR count). The summed E-state index contributed by atoms with van der Waals surface area (Å²) in [5, 5.41) is 0. The maximum atomic E-state index is 10.9. The zero-order valence-electron chi connectivity index (χ0n) is 18.7. The molecule has 0 bridgehead atoms. The molecule has 0 spiro atoms. The molecule has 0 atom stereocenters. The topological polar surface area (TPSA) is 26.3 Å². The maximum Gasteiger partial charge on any atom is 0.159 e. The van der Waals surface area contributed by atoms with Crippen LogP contribution in [0.4, 0.5) is 0 Å². The van der Waals surface area contributed by atoms with Crippen molar-refractivity contribution in [2.75, 3.05) is 6.26 Å². The van der Waals surface area contributed by atoms with E-state index in [2.05, 4.69) is 74.2 Å². The van der Waals surface area contributed by atoms with Crippen LogP contribution < -0.4 is 4.18 Å². The molecule has 2 nitrogen and oxygen atoms in total. The molecule has 3 heteroatoms. The fourth-order valence-electron chi connectivity index (χ4n) is 2.26. The third kappa shape index (κ3) is 9.49. The van der Waals surface area contributed by atoms with Crippen molar-refractivity contribution >= 4 is 17.8 Å². The van der Waals surface area contributed by atoms with E-state index in [1.807, 2.05) is 20.1 Å². The first-order valence-electron chi connectivity index (χ1n) is 9.95. The van der Waals surface area contributed by atoms with Crippen LogP contribution in [-0.2, 0) is 0 Å². The second-order valence-corrected chi connectivity index (χ2v) is 6.81. The van der Waals surface area contributed by atoms with Crippen molar-refractivity contribution in [1.29, 1.82) is 0 Å². The van der Waals surface area contributed by atoms with Gasteiger partial charge in [0.25, 0.3) is 0 Å². The molecule has 0 amide bonds. The van der Waals surface area contributed by atoms with Crippen molar-refractivity contribution in [1.82, 2.24) is 0 Å². The average molecular weight is 419 g/mol. The molecule has 0 aliphatic carbocycles. The van der Waals surface area contributed by atoms with Crippen molar-refractivity contribution in [2.45, 2.75) is 34.6 Å². The number of ketones is 1. The average Bonchev–Trinajstić information content (AvgIpc) is 2.77. The summed E-state index contributed by atoms with van der Waals surface area (Å²) in [7, 11) is 0. The lowest BCUT2D eigenvalue weighted by Crippen LogP contribution is -1.90. The van der Waals surface area contributed by atoms with Crippen LogP contribution in [-0.4, -0.2) is 12.0 Å². The fourth-order valence-corrected chi connectivity index (χ4v) is 2.56. The molecule has 0 fully saturated rings. The highest BCUT2D eigenvalue weighted by molar-refractivity contribution is 7.94. The monoisotopic (exact) mass is 418 g/mol. The van der Waals surface area contributed by atoms with Crippen LogP contribution in [0.3, 0.4) is 0 Å². The lowest BCUT2D eigenvalue weighted by molar-refractivity contribution is 0.101. The van der Waals surface area contributed by atoms with E-state index in [0.29, 0.717) is 5.56 Å². The van der Waals surface area contributed by atoms with Crippen LogP contribution in [0.25, 0.3) is 0 Å². The second kappa shape index (κ2) is 14.1. The third-order valence-corrected chi connectivity index (χ3v) is 4.25. The summed E-state index contributed by atoms with van der Waals surface area (Å²) in [6.07, 6.45) is 1.85. The Morgan fingerprint density at radius 2 is 1.13 bits per heavy atom. The largest absolute Gasteiger partial charge is 0.426 e. The molecule has 0 aliphatic heterocycles. The van der Waals surface area contributed by atoms with Gasteiger partial charge in [0.1, 0.15) is 5.75 Å². The Kier molecular flexibility index (Phi) is 11.8. The molecular formula is C27H30O2S. The van der Waals surface area contributed by atoms with Crippen LogP contribution in [0.2, 0.25) is 0 Å². The van der Waals surface area contributed by atoms with E-state index >= 15 is 0 Å². The van der Waals surface area contributed by atoms with Crippen LogP contribution in [0.15, 0.2) is 72.8 Å². The number of benzene rings is 3. The molecule has 0 unspecified atom stereocenters. The van der Waals surface area contributed by atoms with Crippen molar-refractivity contribution in [3.05, 3.63) is 101 Å². The van der Waals surface area contributed by atoms with Gasteiger partial charge in [-0.15, -0.1) is 0 Å². The minimum atomic E-state index is 0.0747. The summed E-state index contributed by atoms with van der Waals surface area (Å²) >= 11 is 1.28. The van der Waals surface area contributed by atoms with Gasteiger partial charge in [-0.3, -0.25) is 4.79 Å². The summed E-state index contributed by atoms with van der Waals surface area (Å²) < 4.78 is 5.15. The normalized spacial score (nSPS) is 9.00. The first kappa shape index (κ1) is 25.1. The number of rotatable bonds is 3. The predicted octanol–water partition coefficient (Wildman–Crippen LogP) is 7.28. The second-order valence-electron chi connectivity index (χ2n) is 6.31. The quantitative estimate of drug-likeness (QED) is 0.254. The fraction of sp³-hybridized carbons (Fsp3) is 0.222. The van der Waals surface area contributed by atoms with Gasteiger partial charge in [-0.25, -0.2) is 0 Å². The Morgan fingerprint density at radius 3 is 1.47 bits per heavy atom. The zero-order chi connectivity index (χ0) is 22.4. The van der Waals surface area contributed by atoms with Gasteiger partial charge in [0, 0.05) is 22.9 Å². The smallest absolute Gasteiger partial charge is 0.159 e. The molecule has 0 N–H and O–H groups in total. The van der Waals surface area contributed by atoms with Gasteiger partial charge in [-0.1, -0.05) is 61.1 Å². The summed E-state index contributed by atoms with van der Waals surface area (Å²) in [4.78, 5) is 10.9. The number of hydrogen-bond acceptors (Lipinski definition) is 3. The van der Waals surface area contributed by atoms with E-state index in [1.165, 1.54) is 23.2 Å². The van der Waals surface area contributed by atoms with E-state index in [9.17, 15) is 4.79 Å². The van der Waals surface area contributed by atoms with E-state index in [1.54, 1.807) is 31.2 Å². The molecule has 156 valence electrons. The van der Waals surface area contributed by atoms with Gasteiger partial charge in [0.2, 0.25) is 0 Å². The highest BCUT2D eigenvalue weighted by Crippen LogP contribution is 2.15. The highest BCUT2D eigenvalue weighted by Gasteiger charge is 1.98. The van der Waals surface area contributed by atoms with Gasteiger partial charge < -0.3 is 4.18 Å². The molecular weight excluding hydrogens is 388 g/mol. The van der Waals surface area contributed by atoms with Crippen LogP contribution in [0, 0.1) is 25.7 Å². The number of aryl methyl sites for hydroxylation is 2. The zero-order valence-corrected chi connectivity index (χ0v) is 19.5. The molecule has 0 aromatic heterocycles. The van der Waals surface area contributed by atoms with Gasteiger partial charge in [-0.05, 0) is 69.3 Å². The SMILES string of the molecule is CC.CSOc1ccc(C(C)=O)cc1.Cc1ccc(C#Cc2ccc(C)cc2)cc1. The van der Waals surface area contributed by atoms with E-state index in [-0.39, 0.29) is 5.78 Å². The number of hydrogen-bond donors (Lipinski definition) is 0. The molecule has 0 saturated carbocycles. The van der Waals surface area contributed by atoms with Crippen LogP contribution in [0.1, 0.15) is 53.4 Å². The van der Waals surface area contributed by atoms with Gasteiger partial charge >= 0.3 is 0 Å². The van der Waals surface area contributed by atoms with Gasteiger partial charge in [-0.2, -0.15) is 0 Å². The summed E-state index contributed by atoms with van der Waals surface area (Å²) in [5.41, 5.74) is 5.36. The van der Waals surface area contributed by atoms with Crippen LogP contribution >= 0.6 is 12.0 Å². The molecule has 3 aromatic carbocycles. The Morgan fingerprint density at radius 1 is 0.733 bits per heavy atom. The number of carbonyl (C=O) groups is 1. The lowest BCUT2D eigenvalue weighted by Gasteiger charge is -2.00. The summed E-state index contributed by atoms with van der Waals surface area (Å²) in [5.74, 6) is 7.16. The Balaban J connectivity index is 0.000000287. The Labute approximate surface area is 185 Å². The molecule has 0 saturated heterocycles. The summed E-state index contributed by atoms with van der Waals surface area (Å²) in [6, 6.07) is 23.6. The molecule has 0 radical (unpaired) electrons.